The highest BCUT2D eigenvalue weighted by atomic mass is 19.4. The molecule has 1 saturated heterocycles. The summed E-state index contributed by atoms with van der Waals surface area (Å²) in [6.07, 6.45) is -3.06. The molecule has 0 radical (unpaired) electrons. The minimum absolute atomic E-state index is 0.168. The third-order valence-corrected chi connectivity index (χ3v) is 7.59. The van der Waals surface area contributed by atoms with Crippen molar-refractivity contribution in [1.82, 2.24) is 24.4 Å². The van der Waals surface area contributed by atoms with E-state index in [0.717, 1.165) is 12.3 Å². The van der Waals surface area contributed by atoms with E-state index in [2.05, 4.69) is 19.9 Å². The van der Waals surface area contributed by atoms with Crippen molar-refractivity contribution >= 4 is 16.9 Å². The van der Waals surface area contributed by atoms with Crippen LogP contribution in [0.1, 0.15) is 48.8 Å². The van der Waals surface area contributed by atoms with Gasteiger partial charge in [-0.1, -0.05) is 19.1 Å². The quantitative estimate of drug-likeness (QED) is 0.320. The highest BCUT2D eigenvalue weighted by molar-refractivity contribution is 5.86. The van der Waals surface area contributed by atoms with Crippen LogP contribution in [0.2, 0.25) is 0 Å². The van der Waals surface area contributed by atoms with E-state index in [0.29, 0.717) is 47.6 Å². The Bertz CT molecular complexity index is 1660. The van der Waals surface area contributed by atoms with Gasteiger partial charge >= 0.3 is 11.9 Å². The Labute approximate surface area is 233 Å². The molecule has 212 valence electrons. The zero-order valence-corrected chi connectivity index (χ0v) is 22.6. The monoisotopic (exact) mass is 565 g/mol. The summed E-state index contributed by atoms with van der Waals surface area (Å²) in [6, 6.07) is 12.6. The molecule has 1 aliphatic heterocycles. The number of fused-ring (bicyclic) bond motifs is 1. The zero-order valence-electron chi connectivity index (χ0n) is 22.6. The van der Waals surface area contributed by atoms with E-state index >= 15 is 0 Å². The molecule has 4 heterocycles. The molecule has 0 saturated carbocycles. The van der Waals surface area contributed by atoms with Gasteiger partial charge in [0, 0.05) is 38.4 Å². The fourth-order valence-electron chi connectivity index (χ4n) is 5.41. The van der Waals surface area contributed by atoms with Crippen molar-refractivity contribution in [3.63, 3.8) is 0 Å². The maximum Gasteiger partial charge on any atom is 0.417 e. The minimum Gasteiger partial charge on any atom is -0.349 e. The van der Waals surface area contributed by atoms with Gasteiger partial charge in [0.1, 0.15) is 23.1 Å². The summed E-state index contributed by atoms with van der Waals surface area (Å²) in [5.41, 5.74) is 0.956. The van der Waals surface area contributed by atoms with Gasteiger partial charge < -0.3 is 4.90 Å². The number of nitriles is 1. The number of nitrogens with zero attached hydrogens (tertiary/aromatic N) is 7. The SMILES string of the molecule is CC[C@H]1CN(C(c2ccc(F)cc2)c2ccc(C(F)(F)F)cn2)[C@H](C)CN1c1nc(=O)n(C)c2ccc(C#N)nc12. The molecule has 3 atom stereocenters. The van der Waals surface area contributed by atoms with Crippen LogP contribution in [-0.4, -0.2) is 49.6 Å². The van der Waals surface area contributed by atoms with Crippen molar-refractivity contribution in [2.45, 2.75) is 44.6 Å². The molecule has 3 aromatic heterocycles. The third kappa shape index (κ3) is 5.37. The van der Waals surface area contributed by atoms with Crippen LogP contribution in [0.15, 0.2) is 59.5 Å². The number of piperazine rings is 1. The fraction of sp³-hybridized carbons (Fsp3) is 0.345. The summed E-state index contributed by atoms with van der Waals surface area (Å²) >= 11 is 0. The Kier molecular flexibility index (Phi) is 7.48. The molecule has 1 aliphatic rings. The first-order valence-electron chi connectivity index (χ1n) is 13.1. The van der Waals surface area contributed by atoms with Crippen LogP contribution < -0.4 is 10.6 Å². The zero-order chi connectivity index (χ0) is 29.5. The van der Waals surface area contributed by atoms with Gasteiger partial charge in [-0.15, -0.1) is 0 Å². The van der Waals surface area contributed by atoms with Crippen molar-refractivity contribution < 1.29 is 17.6 Å². The molecule has 5 rings (SSSR count). The highest BCUT2D eigenvalue weighted by Gasteiger charge is 2.38. The number of halogens is 4. The van der Waals surface area contributed by atoms with Crippen molar-refractivity contribution in [2.75, 3.05) is 18.0 Å². The lowest BCUT2D eigenvalue weighted by atomic mass is 9.95. The number of benzene rings is 1. The topological polar surface area (TPSA) is 90.9 Å². The van der Waals surface area contributed by atoms with Crippen LogP contribution in [0.5, 0.6) is 0 Å². The van der Waals surface area contributed by atoms with Gasteiger partial charge in [0.2, 0.25) is 0 Å². The average molecular weight is 566 g/mol. The predicted molar refractivity (Wildman–Crippen MR) is 145 cm³/mol. The fourth-order valence-corrected chi connectivity index (χ4v) is 5.41. The van der Waals surface area contributed by atoms with E-state index in [1.165, 1.54) is 22.8 Å². The van der Waals surface area contributed by atoms with Gasteiger partial charge in [-0.05, 0) is 55.3 Å². The largest absolute Gasteiger partial charge is 0.417 e. The van der Waals surface area contributed by atoms with E-state index < -0.39 is 29.3 Å². The maximum atomic E-state index is 13.8. The predicted octanol–water partition coefficient (Wildman–Crippen LogP) is 4.83. The molecular formula is C29H27F4N7O. The molecule has 0 bridgehead atoms. The minimum atomic E-state index is -4.52. The number of aryl methyl sites for hydroxylation is 1. The second-order valence-electron chi connectivity index (χ2n) is 10.1. The van der Waals surface area contributed by atoms with Crippen LogP contribution in [0.25, 0.3) is 11.0 Å². The summed E-state index contributed by atoms with van der Waals surface area (Å²) in [5, 5.41) is 9.44. The number of hydrogen-bond acceptors (Lipinski definition) is 7. The summed E-state index contributed by atoms with van der Waals surface area (Å²) in [5.74, 6) is -0.0467. The van der Waals surface area contributed by atoms with Crippen molar-refractivity contribution in [1.29, 1.82) is 5.26 Å². The molecule has 0 amide bonds. The normalized spacial score (nSPS) is 18.8. The summed E-state index contributed by atoms with van der Waals surface area (Å²) in [6.45, 7) is 4.81. The lowest BCUT2D eigenvalue weighted by molar-refractivity contribution is -0.137. The van der Waals surface area contributed by atoms with Crippen LogP contribution in [0.4, 0.5) is 23.4 Å². The van der Waals surface area contributed by atoms with Gasteiger partial charge in [0.25, 0.3) is 0 Å². The van der Waals surface area contributed by atoms with E-state index in [1.807, 2.05) is 24.8 Å². The Morgan fingerprint density at radius 2 is 1.80 bits per heavy atom. The molecule has 8 nitrogen and oxygen atoms in total. The van der Waals surface area contributed by atoms with E-state index in [9.17, 15) is 27.6 Å². The number of hydrogen-bond donors (Lipinski definition) is 0. The van der Waals surface area contributed by atoms with Crippen LogP contribution in [0, 0.1) is 17.1 Å². The molecule has 1 unspecified atom stereocenters. The van der Waals surface area contributed by atoms with E-state index in [4.69, 9.17) is 0 Å². The van der Waals surface area contributed by atoms with Crippen LogP contribution in [-0.2, 0) is 13.2 Å². The lowest BCUT2D eigenvalue weighted by Gasteiger charge is -2.48. The first kappa shape index (κ1) is 28.2. The lowest BCUT2D eigenvalue weighted by Crippen LogP contribution is -2.59. The highest BCUT2D eigenvalue weighted by Crippen LogP contribution is 2.36. The molecule has 12 heteroatoms. The molecular weight excluding hydrogens is 538 g/mol. The van der Waals surface area contributed by atoms with Gasteiger partial charge in [0.15, 0.2) is 5.82 Å². The Morgan fingerprint density at radius 3 is 2.41 bits per heavy atom. The van der Waals surface area contributed by atoms with Crippen molar-refractivity contribution in [3.8, 4) is 6.07 Å². The number of aromatic nitrogens is 4. The van der Waals surface area contributed by atoms with Gasteiger partial charge in [-0.2, -0.15) is 23.4 Å². The Morgan fingerprint density at radius 1 is 1.07 bits per heavy atom. The first-order valence-corrected chi connectivity index (χ1v) is 13.1. The molecule has 41 heavy (non-hydrogen) atoms. The maximum absolute atomic E-state index is 13.8. The van der Waals surface area contributed by atoms with Crippen molar-refractivity contribution in [3.05, 3.63) is 93.5 Å². The van der Waals surface area contributed by atoms with E-state index in [-0.39, 0.29) is 17.8 Å². The number of anilines is 1. The second kappa shape index (κ2) is 10.9. The Hall–Kier alpha value is -4.37. The van der Waals surface area contributed by atoms with Gasteiger partial charge in [-0.25, -0.2) is 14.2 Å². The average Bonchev–Trinajstić information content (AvgIpc) is 2.96. The Balaban J connectivity index is 1.57. The molecule has 0 spiro atoms. The first-order chi connectivity index (χ1) is 19.5. The van der Waals surface area contributed by atoms with Crippen LogP contribution >= 0.6 is 0 Å². The molecule has 1 fully saturated rings. The molecule has 1 aromatic carbocycles. The summed E-state index contributed by atoms with van der Waals surface area (Å²) < 4.78 is 55.0. The smallest absolute Gasteiger partial charge is 0.349 e. The van der Waals surface area contributed by atoms with Crippen molar-refractivity contribution in [2.24, 2.45) is 7.05 Å². The number of pyridine rings is 2. The standard InChI is InChI=1S/C29H27F4N7O/c1-4-22-16-39(26(18-5-8-20(30)9-6-18)23-11-7-19(14-35-23)29(31,32)33)17(2)15-40(22)27-25-24(38(3)28(41)37-27)12-10-21(13-34)36-25/h5-12,14,17,22,26H,4,15-16H2,1-3H3/t17-,22+,26?/m1/s1. The second-order valence-corrected chi connectivity index (χ2v) is 10.1. The summed E-state index contributed by atoms with van der Waals surface area (Å²) in [7, 11) is 1.59. The number of rotatable bonds is 5. The summed E-state index contributed by atoms with van der Waals surface area (Å²) in [4.78, 5) is 30.0. The van der Waals surface area contributed by atoms with Gasteiger partial charge in [0.05, 0.1) is 22.8 Å². The van der Waals surface area contributed by atoms with Crippen LogP contribution in [0.3, 0.4) is 0 Å². The number of alkyl halides is 3. The molecule has 0 aliphatic carbocycles. The molecule has 4 aromatic rings. The third-order valence-electron chi connectivity index (χ3n) is 7.59. The molecule has 0 N–H and O–H groups in total. The van der Waals surface area contributed by atoms with Gasteiger partial charge in [-0.3, -0.25) is 14.5 Å². The van der Waals surface area contributed by atoms with E-state index in [1.54, 1.807) is 31.3 Å².